The van der Waals surface area contributed by atoms with Crippen molar-refractivity contribution in [3.8, 4) is 0 Å². The molecular formula is C14H13NOS. The third-order valence-electron chi connectivity index (χ3n) is 3.17. The lowest BCUT2D eigenvalue weighted by molar-refractivity contribution is 0.0935. The van der Waals surface area contributed by atoms with Gasteiger partial charge >= 0.3 is 0 Å². The van der Waals surface area contributed by atoms with Gasteiger partial charge in [0.1, 0.15) is 0 Å². The monoisotopic (exact) mass is 243 g/mol. The van der Waals surface area contributed by atoms with E-state index in [4.69, 9.17) is 0 Å². The van der Waals surface area contributed by atoms with Gasteiger partial charge in [0.15, 0.2) is 0 Å². The second-order valence-electron chi connectivity index (χ2n) is 4.38. The Hall–Kier alpha value is -1.61. The van der Waals surface area contributed by atoms with Crippen LogP contribution in [0.1, 0.15) is 28.1 Å². The standard InChI is InChI=1S/C14H13NOS/c16-13(12-7-4-10-17-12)15-14(8-9-14)11-5-2-1-3-6-11/h1-7,10H,8-9H2,(H,15,16). The van der Waals surface area contributed by atoms with Gasteiger partial charge in [-0.2, -0.15) is 0 Å². The topological polar surface area (TPSA) is 29.1 Å². The lowest BCUT2D eigenvalue weighted by Gasteiger charge is -2.17. The van der Waals surface area contributed by atoms with Crippen molar-refractivity contribution in [1.82, 2.24) is 5.32 Å². The van der Waals surface area contributed by atoms with E-state index in [1.807, 2.05) is 35.7 Å². The van der Waals surface area contributed by atoms with Crippen molar-refractivity contribution in [2.75, 3.05) is 0 Å². The number of hydrogen-bond donors (Lipinski definition) is 1. The molecular weight excluding hydrogens is 230 g/mol. The summed E-state index contributed by atoms with van der Waals surface area (Å²) in [6.45, 7) is 0. The summed E-state index contributed by atoms with van der Waals surface area (Å²) in [5.74, 6) is 0.0429. The molecule has 1 heterocycles. The Morgan fingerprint density at radius 1 is 1.12 bits per heavy atom. The highest BCUT2D eigenvalue weighted by Gasteiger charge is 2.45. The van der Waals surface area contributed by atoms with Crippen LogP contribution in [0.3, 0.4) is 0 Å². The number of benzene rings is 1. The first kappa shape index (κ1) is 10.5. The van der Waals surface area contributed by atoms with E-state index < -0.39 is 0 Å². The van der Waals surface area contributed by atoms with E-state index in [1.165, 1.54) is 16.9 Å². The fourth-order valence-corrected chi connectivity index (χ4v) is 2.67. The third kappa shape index (κ3) is 1.98. The molecule has 0 unspecified atom stereocenters. The molecule has 1 saturated carbocycles. The van der Waals surface area contributed by atoms with E-state index in [9.17, 15) is 4.79 Å². The molecule has 17 heavy (non-hydrogen) atoms. The Labute approximate surface area is 104 Å². The van der Waals surface area contributed by atoms with Crippen LogP contribution in [0.15, 0.2) is 47.8 Å². The van der Waals surface area contributed by atoms with Crippen LogP contribution in [-0.2, 0) is 5.54 Å². The summed E-state index contributed by atoms with van der Waals surface area (Å²) >= 11 is 1.48. The molecule has 1 N–H and O–H groups in total. The lowest BCUT2D eigenvalue weighted by Crippen LogP contribution is -2.34. The van der Waals surface area contributed by atoms with Crippen molar-refractivity contribution >= 4 is 17.2 Å². The first-order valence-electron chi connectivity index (χ1n) is 5.72. The molecule has 0 bridgehead atoms. The number of thiophene rings is 1. The first-order valence-corrected chi connectivity index (χ1v) is 6.60. The minimum Gasteiger partial charge on any atom is -0.342 e. The summed E-state index contributed by atoms with van der Waals surface area (Å²) in [5.41, 5.74) is 1.10. The van der Waals surface area contributed by atoms with Gasteiger partial charge < -0.3 is 5.32 Å². The molecule has 86 valence electrons. The van der Waals surface area contributed by atoms with Gasteiger partial charge in [-0.15, -0.1) is 11.3 Å². The number of nitrogens with one attached hydrogen (secondary N) is 1. The first-order chi connectivity index (χ1) is 8.30. The van der Waals surface area contributed by atoms with Crippen LogP contribution in [0.2, 0.25) is 0 Å². The lowest BCUT2D eigenvalue weighted by atomic mass is 10.1. The Morgan fingerprint density at radius 3 is 2.47 bits per heavy atom. The zero-order valence-corrected chi connectivity index (χ0v) is 10.2. The molecule has 1 aromatic heterocycles. The zero-order chi connectivity index (χ0) is 11.7. The number of carbonyl (C=O) groups is 1. The molecule has 0 aliphatic heterocycles. The maximum Gasteiger partial charge on any atom is 0.262 e. The molecule has 0 spiro atoms. The zero-order valence-electron chi connectivity index (χ0n) is 9.35. The Balaban J connectivity index is 1.80. The predicted molar refractivity (Wildman–Crippen MR) is 69.1 cm³/mol. The van der Waals surface area contributed by atoms with Crippen LogP contribution in [-0.4, -0.2) is 5.91 Å². The van der Waals surface area contributed by atoms with Crippen molar-refractivity contribution in [1.29, 1.82) is 0 Å². The summed E-state index contributed by atoms with van der Waals surface area (Å²) < 4.78 is 0. The molecule has 3 rings (SSSR count). The molecule has 3 heteroatoms. The number of carbonyl (C=O) groups excluding carboxylic acids is 1. The van der Waals surface area contributed by atoms with Crippen molar-refractivity contribution < 1.29 is 4.79 Å². The summed E-state index contributed by atoms with van der Waals surface area (Å²) in [4.78, 5) is 12.8. The van der Waals surface area contributed by atoms with Crippen molar-refractivity contribution in [2.24, 2.45) is 0 Å². The van der Waals surface area contributed by atoms with E-state index in [-0.39, 0.29) is 11.4 Å². The van der Waals surface area contributed by atoms with Crippen LogP contribution in [0, 0.1) is 0 Å². The number of hydrogen-bond acceptors (Lipinski definition) is 2. The van der Waals surface area contributed by atoms with Crippen LogP contribution in [0.5, 0.6) is 0 Å². The molecule has 0 radical (unpaired) electrons. The third-order valence-corrected chi connectivity index (χ3v) is 4.04. The molecule has 0 saturated heterocycles. The van der Waals surface area contributed by atoms with Gasteiger partial charge in [0, 0.05) is 0 Å². The van der Waals surface area contributed by atoms with Gasteiger partial charge in [0.05, 0.1) is 10.4 Å². The highest BCUT2D eigenvalue weighted by molar-refractivity contribution is 7.12. The van der Waals surface area contributed by atoms with Crippen LogP contribution >= 0.6 is 11.3 Å². The second kappa shape index (κ2) is 4.00. The fraction of sp³-hybridized carbons (Fsp3) is 0.214. The quantitative estimate of drug-likeness (QED) is 0.881. The van der Waals surface area contributed by atoms with E-state index >= 15 is 0 Å². The molecule has 1 aliphatic rings. The van der Waals surface area contributed by atoms with Gasteiger partial charge in [-0.25, -0.2) is 0 Å². The highest BCUT2D eigenvalue weighted by Crippen LogP contribution is 2.45. The summed E-state index contributed by atoms with van der Waals surface area (Å²) in [5, 5.41) is 5.09. The van der Waals surface area contributed by atoms with Gasteiger partial charge in [-0.05, 0) is 29.9 Å². The molecule has 1 aliphatic carbocycles. The van der Waals surface area contributed by atoms with Crippen molar-refractivity contribution in [3.63, 3.8) is 0 Å². The maximum atomic E-state index is 12.0. The Morgan fingerprint density at radius 2 is 1.88 bits per heavy atom. The van der Waals surface area contributed by atoms with Crippen LogP contribution in [0.4, 0.5) is 0 Å². The Kier molecular flexibility index (Phi) is 2.48. The molecule has 2 aromatic rings. The largest absolute Gasteiger partial charge is 0.342 e. The predicted octanol–water partition coefficient (Wildman–Crippen LogP) is 3.17. The second-order valence-corrected chi connectivity index (χ2v) is 5.33. The van der Waals surface area contributed by atoms with Gasteiger partial charge in [0.2, 0.25) is 0 Å². The van der Waals surface area contributed by atoms with Crippen LogP contribution in [0.25, 0.3) is 0 Å². The van der Waals surface area contributed by atoms with Crippen molar-refractivity contribution in [3.05, 3.63) is 58.3 Å². The summed E-state index contributed by atoms with van der Waals surface area (Å²) in [7, 11) is 0. The molecule has 2 nitrogen and oxygen atoms in total. The minimum absolute atomic E-state index is 0.0429. The normalized spacial score (nSPS) is 16.5. The fourth-order valence-electron chi connectivity index (χ4n) is 2.05. The highest BCUT2D eigenvalue weighted by atomic mass is 32.1. The smallest absolute Gasteiger partial charge is 0.262 e. The van der Waals surface area contributed by atoms with Gasteiger partial charge in [-0.1, -0.05) is 36.4 Å². The van der Waals surface area contributed by atoms with E-state index in [2.05, 4.69) is 17.4 Å². The molecule has 0 atom stereocenters. The summed E-state index contributed by atoms with van der Waals surface area (Å²) in [6, 6.07) is 14.0. The molecule has 1 aromatic carbocycles. The average Bonchev–Trinajstić information content (AvgIpc) is 2.94. The van der Waals surface area contributed by atoms with E-state index in [0.717, 1.165) is 17.7 Å². The van der Waals surface area contributed by atoms with Gasteiger partial charge in [0.25, 0.3) is 5.91 Å². The average molecular weight is 243 g/mol. The molecule has 1 fully saturated rings. The maximum absolute atomic E-state index is 12.0. The Bertz CT molecular complexity index is 514. The van der Waals surface area contributed by atoms with E-state index in [1.54, 1.807) is 0 Å². The van der Waals surface area contributed by atoms with Crippen molar-refractivity contribution in [2.45, 2.75) is 18.4 Å². The minimum atomic E-state index is -0.109. The number of rotatable bonds is 3. The van der Waals surface area contributed by atoms with Crippen LogP contribution < -0.4 is 5.32 Å². The SMILES string of the molecule is O=C(NC1(c2ccccc2)CC1)c1cccs1. The summed E-state index contributed by atoms with van der Waals surface area (Å²) in [6.07, 6.45) is 2.07. The van der Waals surface area contributed by atoms with E-state index in [0.29, 0.717) is 0 Å². The van der Waals surface area contributed by atoms with Gasteiger partial charge in [-0.3, -0.25) is 4.79 Å². The molecule has 1 amide bonds. The number of amides is 1.